The number of nitrogens with zero attached hydrogens (tertiary/aromatic N) is 3. The number of nitrogens with one attached hydrogen (secondary N) is 1. The number of hydrogen-bond acceptors (Lipinski definition) is 4. The van der Waals surface area contributed by atoms with Gasteiger partial charge in [-0.1, -0.05) is 35.9 Å². The first kappa shape index (κ1) is 24.8. The van der Waals surface area contributed by atoms with E-state index in [-0.39, 0.29) is 18.6 Å². The molecule has 184 valence electrons. The number of halogens is 1. The van der Waals surface area contributed by atoms with Gasteiger partial charge in [0.15, 0.2) is 0 Å². The second kappa shape index (κ2) is 9.71. The number of carboxylic acid groups (broad SMARTS) is 1. The molecule has 0 aliphatic carbocycles. The molecule has 0 spiro atoms. The van der Waals surface area contributed by atoms with Crippen LogP contribution in [0.15, 0.2) is 48.7 Å². The molecule has 4 rings (SSSR count). The second-order valence-electron chi connectivity index (χ2n) is 9.64. The Balaban J connectivity index is 1.85. The maximum atomic E-state index is 12.9. The highest BCUT2D eigenvalue weighted by Crippen LogP contribution is 2.40. The van der Waals surface area contributed by atoms with Gasteiger partial charge >= 0.3 is 6.09 Å². The zero-order valence-electron chi connectivity index (χ0n) is 20.0. The summed E-state index contributed by atoms with van der Waals surface area (Å²) in [7, 11) is 0. The van der Waals surface area contributed by atoms with Gasteiger partial charge in [-0.3, -0.25) is 4.79 Å². The maximum Gasteiger partial charge on any atom is 0.407 e. The van der Waals surface area contributed by atoms with E-state index in [0.29, 0.717) is 30.4 Å². The molecule has 35 heavy (non-hydrogen) atoms. The molecule has 1 unspecified atom stereocenters. The SMILES string of the molecule is CC(C)(C)N(CCC1CNC(=O)c2cc(-c3ccnc(Cl)c3)c(-c3ccc(CO)cc3)n21)C(=O)O. The Labute approximate surface area is 209 Å². The summed E-state index contributed by atoms with van der Waals surface area (Å²) < 4.78 is 2.01. The summed E-state index contributed by atoms with van der Waals surface area (Å²) in [5, 5.41) is 22.5. The van der Waals surface area contributed by atoms with E-state index < -0.39 is 11.6 Å². The number of aliphatic hydroxyl groups excluding tert-OH is 1. The topological polar surface area (TPSA) is 108 Å². The van der Waals surface area contributed by atoms with Crippen LogP contribution in [0, 0.1) is 0 Å². The Morgan fingerprint density at radius 3 is 2.51 bits per heavy atom. The largest absolute Gasteiger partial charge is 0.465 e. The van der Waals surface area contributed by atoms with E-state index in [1.54, 1.807) is 12.3 Å². The van der Waals surface area contributed by atoms with Crippen LogP contribution in [0.25, 0.3) is 22.4 Å². The lowest BCUT2D eigenvalue weighted by molar-refractivity contribution is 0.0868. The number of amides is 2. The predicted molar refractivity (Wildman–Crippen MR) is 135 cm³/mol. The summed E-state index contributed by atoms with van der Waals surface area (Å²) in [6, 6.07) is 12.8. The number of pyridine rings is 1. The van der Waals surface area contributed by atoms with Crippen LogP contribution in [-0.4, -0.2) is 55.3 Å². The Bertz CT molecular complexity index is 1250. The number of fused-ring (bicyclic) bond motifs is 1. The zero-order valence-corrected chi connectivity index (χ0v) is 20.7. The van der Waals surface area contributed by atoms with Gasteiger partial charge in [0.25, 0.3) is 5.91 Å². The van der Waals surface area contributed by atoms with Crippen molar-refractivity contribution in [2.75, 3.05) is 13.1 Å². The summed E-state index contributed by atoms with van der Waals surface area (Å²) in [5.41, 5.74) is 4.10. The van der Waals surface area contributed by atoms with Crippen molar-refractivity contribution >= 4 is 23.6 Å². The van der Waals surface area contributed by atoms with Gasteiger partial charge in [0.05, 0.1) is 18.3 Å². The number of carbonyl (C=O) groups excluding carboxylic acids is 1. The second-order valence-corrected chi connectivity index (χ2v) is 10.0. The number of rotatable bonds is 6. The van der Waals surface area contributed by atoms with Gasteiger partial charge in [-0.2, -0.15) is 0 Å². The summed E-state index contributed by atoms with van der Waals surface area (Å²) in [4.78, 5) is 30.3. The molecule has 0 saturated heterocycles. The molecule has 3 N–H and O–H groups in total. The molecule has 1 aliphatic heterocycles. The molecule has 0 bridgehead atoms. The van der Waals surface area contributed by atoms with Gasteiger partial charge in [-0.25, -0.2) is 9.78 Å². The first-order valence-electron chi connectivity index (χ1n) is 11.5. The molecule has 2 amide bonds. The highest BCUT2D eigenvalue weighted by atomic mass is 35.5. The van der Waals surface area contributed by atoms with Crippen molar-refractivity contribution in [1.29, 1.82) is 0 Å². The van der Waals surface area contributed by atoms with E-state index in [0.717, 1.165) is 27.9 Å². The fourth-order valence-electron chi connectivity index (χ4n) is 4.55. The minimum atomic E-state index is -0.975. The fourth-order valence-corrected chi connectivity index (χ4v) is 4.73. The highest BCUT2D eigenvalue weighted by molar-refractivity contribution is 6.29. The highest BCUT2D eigenvalue weighted by Gasteiger charge is 2.33. The summed E-state index contributed by atoms with van der Waals surface area (Å²) in [6.07, 6.45) is 1.17. The Morgan fingerprint density at radius 2 is 1.91 bits per heavy atom. The third kappa shape index (κ3) is 5.04. The molecule has 3 heterocycles. The van der Waals surface area contributed by atoms with E-state index in [2.05, 4.69) is 10.3 Å². The average Bonchev–Trinajstić information content (AvgIpc) is 3.21. The Morgan fingerprint density at radius 1 is 1.20 bits per heavy atom. The molecule has 0 saturated carbocycles. The van der Waals surface area contributed by atoms with E-state index in [9.17, 15) is 19.8 Å². The van der Waals surface area contributed by atoms with E-state index >= 15 is 0 Å². The van der Waals surface area contributed by atoms with Crippen molar-refractivity contribution in [1.82, 2.24) is 19.8 Å². The molecule has 2 aromatic heterocycles. The van der Waals surface area contributed by atoms with E-state index in [4.69, 9.17) is 11.6 Å². The van der Waals surface area contributed by atoms with Crippen LogP contribution in [0.2, 0.25) is 5.15 Å². The van der Waals surface area contributed by atoms with Gasteiger partial charge in [0.1, 0.15) is 10.8 Å². The molecule has 1 aromatic carbocycles. The van der Waals surface area contributed by atoms with Crippen LogP contribution in [0.4, 0.5) is 4.79 Å². The van der Waals surface area contributed by atoms with Gasteiger partial charge in [0.2, 0.25) is 0 Å². The van der Waals surface area contributed by atoms with Crippen molar-refractivity contribution in [3.05, 3.63) is 65.1 Å². The molecule has 1 aliphatic rings. The predicted octanol–water partition coefficient (Wildman–Crippen LogP) is 4.82. The third-order valence-corrected chi connectivity index (χ3v) is 6.51. The van der Waals surface area contributed by atoms with Crippen LogP contribution >= 0.6 is 11.6 Å². The molecule has 9 heteroatoms. The summed E-state index contributed by atoms with van der Waals surface area (Å²) >= 11 is 6.19. The maximum absolute atomic E-state index is 12.9. The van der Waals surface area contributed by atoms with E-state index in [1.165, 1.54) is 4.90 Å². The molecule has 8 nitrogen and oxygen atoms in total. The Kier molecular flexibility index (Phi) is 6.87. The third-order valence-electron chi connectivity index (χ3n) is 6.31. The lowest BCUT2D eigenvalue weighted by Gasteiger charge is -2.36. The number of aliphatic hydroxyl groups is 1. The Hall–Kier alpha value is -3.36. The molecule has 0 fully saturated rings. The first-order chi connectivity index (χ1) is 16.6. The van der Waals surface area contributed by atoms with Crippen molar-refractivity contribution in [3.8, 4) is 22.4 Å². The van der Waals surface area contributed by atoms with Crippen LogP contribution < -0.4 is 5.32 Å². The first-order valence-corrected chi connectivity index (χ1v) is 11.8. The number of hydrogen-bond donors (Lipinski definition) is 3. The van der Waals surface area contributed by atoms with E-state index in [1.807, 2.05) is 61.7 Å². The van der Waals surface area contributed by atoms with Gasteiger partial charge in [0, 0.05) is 30.4 Å². The van der Waals surface area contributed by atoms with Crippen LogP contribution in [0.1, 0.15) is 49.3 Å². The van der Waals surface area contributed by atoms with Crippen LogP contribution in [0.3, 0.4) is 0 Å². The zero-order chi connectivity index (χ0) is 25.3. The molecule has 1 atom stereocenters. The minimum absolute atomic E-state index is 0.0672. The standard InChI is InChI=1S/C26H29ClN4O4/c1-26(2,3)30(25(34)35)11-9-19-14-29-24(33)21-13-20(18-8-10-28-22(27)12-18)23(31(19)21)17-6-4-16(15-32)5-7-17/h4-8,10,12-13,19,32H,9,11,14-15H2,1-3H3,(H,29,33)(H,34,35). The van der Waals surface area contributed by atoms with Crippen molar-refractivity contribution in [2.45, 2.75) is 45.4 Å². The van der Waals surface area contributed by atoms with Crippen LogP contribution in [-0.2, 0) is 6.61 Å². The number of carbonyl (C=O) groups is 2. The van der Waals surface area contributed by atoms with Crippen LogP contribution in [0.5, 0.6) is 0 Å². The number of aromatic nitrogens is 2. The monoisotopic (exact) mass is 496 g/mol. The molecular formula is C26H29ClN4O4. The van der Waals surface area contributed by atoms with Gasteiger partial charge in [-0.15, -0.1) is 0 Å². The minimum Gasteiger partial charge on any atom is -0.465 e. The quantitative estimate of drug-likeness (QED) is 0.424. The van der Waals surface area contributed by atoms with Crippen molar-refractivity contribution in [3.63, 3.8) is 0 Å². The lowest BCUT2D eigenvalue weighted by Crippen LogP contribution is -2.47. The number of benzene rings is 1. The average molecular weight is 497 g/mol. The molecule has 0 radical (unpaired) electrons. The normalized spacial score (nSPS) is 15.5. The lowest BCUT2D eigenvalue weighted by atomic mass is 10.0. The summed E-state index contributed by atoms with van der Waals surface area (Å²) in [6.45, 7) is 6.23. The molecular weight excluding hydrogens is 468 g/mol. The van der Waals surface area contributed by atoms with Gasteiger partial charge in [-0.05, 0) is 62.1 Å². The van der Waals surface area contributed by atoms with Gasteiger partial charge < -0.3 is 25.0 Å². The summed E-state index contributed by atoms with van der Waals surface area (Å²) in [5.74, 6) is -0.188. The fraction of sp³-hybridized carbons (Fsp3) is 0.346. The molecule has 3 aromatic rings. The smallest absolute Gasteiger partial charge is 0.407 e. The van der Waals surface area contributed by atoms with Crippen molar-refractivity contribution < 1.29 is 19.8 Å². The van der Waals surface area contributed by atoms with Crippen molar-refractivity contribution in [2.24, 2.45) is 0 Å².